The number of hydrogen-bond donors (Lipinski definition) is 1. The van der Waals surface area contributed by atoms with Crippen molar-refractivity contribution in [3.05, 3.63) is 4.88 Å². The summed E-state index contributed by atoms with van der Waals surface area (Å²) < 4.78 is 29.3. The topological polar surface area (TPSA) is 86.5 Å². The quantitative estimate of drug-likeness (QED) is 0.661. The van der Waals surface area contributed by atoms with E-state index in [4.69, 9.17) is 10.5 Å². The van der Waals surface area contributed by atoms with Crippen molar-refractivity contribution in [3.8, 4) is 0 Å². The summed E-state index contributed by atoms with van der Waals surface area (Å²) in [7, 11) is -3.44. The minimum Gasteiger partial charge on any atom is -0.462 e. The second-order valence-electron chi connectivity index (χ2n) is 3.29. The van der Waals surface area contributed by atoms with Gasteiger partial charge in [-0.15, -0.1) is 23.1 Å². The number of anilines is 1. The molecule has 0 fully saturated rings. The first-order chi connectivity index (χ1) is 8.38. The molecule has 0 aliphatic carbocycles. The number of rotatable bonds is 5. The van der Waals surface area contributed by atoms with Crippen molar-refractivity contribution in [3.63, 3.8) is 0 Å². The Balaban J connectivity index is 3.41. The molecule has 5 nitrogen and oxygen atoms in total. The van der Waals surface area contributed by atoms with Gasteiger partial charge in [-0.25, -0.2) is 13.2 Å². The van der Waals surface area contributed by atoms with Crippen LogP contribution in [-0.4, -0.2) is 33.0 Å². The van der Waals surface area contributed by atoms with E-state index in [1.165, 1.54) is 11.8 Å². The second kappa shape index (κ2) is 5.94. The molecule has 0 amide bonds. The van der Waals surface area contributed by atoms with Gasteiger partial charge >= 0.3 is 5.97 Å². The molecule has 0 aromatic carbocycles. The van der Waals surface area contributed by atoms with Gasteiger partial charge in [0.1, 0.15) is 9.77 Å². The fraction of sp³-hybridized carbons (Fsp3) is 0.500. The molecule has 0 aliphatic heterocycles. The zero-order valence-electron chi connectivity index (χ0n) is 10.3. The van der Waals surface area contributed by atoms with E-state index in [2.05, 4.69) is 0 Å². The zero-order valence-corrected chi connectivity index (χ0v) is 12.8. The van der Waals surface area contributed by atoms with Gasteiger partial charge in [-0.3, -0.25) is 0 Å². The number of thiophene rings is 1. The molecule has 2 N–H and O–H groups in total. The first-order valence-corrected chi connectivity index (χ1v) is 8.94. The SMILES string of the molecule is CCOC(=O)c1sc(SC)c(S(=O)(=O)CC)c1N. The highest BCUT2D eigenvalue weighted by molar-refractivity contribution is 8.01. The van der Waals surface area contributed by atoms with Gasteiger partial charge in [0.2, 0.25) is 0 Å². The number of nitrogen functional groups attached to an aromatic ring is 1. The molecule has 0 radical (unpaired) electrons. The third kappa shape index (κ3) is 2.81. The van der Waals surface area contributed by atoms with Crippen LogP contribution in [0.25, 0.3) is 0 Å². The summed E-state index contributed by atoms with van der Waals surface area (Å²) in [6.45, 7) is 3.45. The van der Waals surface area contributed by atoms with Gasteiger partial charge in [0.05, 0.1) is 22.3 Å². The van der Waals surface area contributed by atoms with Crippen molar-refractivity contribution in [2.75, 3.05) is 24.3 Å². The van der Waals surface area contributed by atoms with E-state index in [0.717, 1.165) is 11.3 Å². The lowest BCUT2D eigenvalue weighted by Crippen LogP contribution is -2.09. The van der Waals surface area contributed by atoms with E-state index in [-0.39, 0.29) is 27.8 Å². The Kier molecular flexibility index (Phi) is 5.06. The summed E-state index contributed by atoms with van der Waals surface area (Å²) in [6.07, 6.45) is 1.74. The van der Waals surface area contributed by atoms with Gasteiger partial charge in [0.15, 0.2) is 9.84 Å². The Morgan fingerprint density at radius 3 is 2.50 bits per heavy atom. The van der Waals surface area contributed by atoms with Crippen LogP contribution in [0, 0.1) is 0 Å². The highest BCUT2D eigenvalue weighted by atomic mass is 32.2. The van der Waals surface area contributed by atoms with Crippen LogP contribution in [0.1, 0.15) is 23.5 Å². The van der Waals surface area contributed by atoms with Crippen molar-refractivity contribution >= 4 is 44.6 Å². The molecule has 0 spiro atoms. The lowest BCUT2D eigenvalue weighted by Gasteiger charge is -2.03. The van der Waals surface area contributed by atoms with Crippen LogP contribution in [0.2, 0.25) is 0 Å². The number of carbonyl (C=O) groups excluding carboxylic acids is 1. The summed E-state index contributed by atoms with van der Waals surface area (Å²) in [5.41, 5.74) is 5.79. The maximum Gasteiger partial charge on any atom is 0.350 e. The minimum absolute atomic E-state index is 0.00431. The van der Waals surface area contributed by atoms with Crippen molar-refractivity contribution < 1.29 is 17.9 Å². The lowest BCUT2D eigenvalue weighted by atomic mass is 10.4. The molecule has 1 rings (SSSR count). The Morgan fingerprint density at radius 2 is 2.06 bits per heavy atom. The fourth-order valence-corrected chi connectivity index (χ4v) is 5.13. The van der Waals surface area contributed by atoms with Crippen molar-refractivity contribution in [1.82, 2.24) is 0 Å². The second-order valence-corrected chi connectivity index (χ2v) is 7.60. The number of ether oxygens (including phenoxy) is 1. The number of sulfone groups is 1. The first kappa shape index (κ1) is 15.3. The van der Waals surface area contributed by atoms with E-state index in [9.17, 15) is 13.2 Å². The molecule has 0 saturated carbocycles. The molecule has 102 valence electrons. The smallest absolute Gasteiger partial charge is 0.350 e. The van der Waals surface area contributed by atoms with E-state index < -0.39 is 15.8 Å². The van der Waals surface area contributed by atoms with Crippen molar-refractivity contribution in [1.29, 1.82) is 0 Å². The summed E-state index contributed by atoms with van der Waals surface area (Å²) in [4.78, 5) is 11.9. The highest BCUT2D eigenvalue weighted by Crippen LogP contribution is 2.41. The molecule has 18 heavy (non-hydrogen) atoms. The maximum atomic E-state index is 12.0. The Hall–Kier alpha value is -0.730. The summed E-state index contributed by atoms with van der Waals surface area (Å²) >= 11 is 2.32. The molecule has 0 saturated heterocycles. The average molecular weight is 309 g/mol. The van der Waals surface area contributed by atoms with Crippen molar-refractivity contribution in [2.24, 2.45) is 0 Å². The van der Waals surface area contributed by atoms with Gasteiger partial charge in [-0.2, -0.15) is 0 Å². The van der Waals surface area contributed by atoms with Crippen LogP contribution in [0.3, 0.4) is 0 Å². The average Bonchev–Trinajstić information content (AvgIpc) is 2.67. The maximum absolute atomic E-state index is 12.0. The van der Waals surface area contributed by atoms with Gasteiger partial charge in [-0.1, -0.05) is 6.92 Å². The first-order valence-electron chi connectivity index (χ1n) is 5.25. The minimum atomic E-state index is -3.44. The number of esters is 1. The number of hydrogen-bond acceptors (Lipinski definition) is 7. The van der Waals surface area contributed by atoms with Crippen LogP contribution in [-0.2, 0) is 14.6 Å². The van der Waals surface area contributed by atoms with Gasteiger partial charge in [-0.05, 0) is 13.2 Å². The third-order valence-electron chi connectivity index (χ3n) is 2.21. The molecule has 1 aromatic rings. The predicted molar refractivity (Wildman–Crippen MR) is 74.2 cm³/mol. The Labute approximate surface area is 115 Å². The Bertz CT molecular complexity index is 548. The predicted octanol–water partition coefficient (Wildman–Crippen LogP) is 2.02. The highest BCUT2D eigenvalue weighted by Gasteiger charge is 2.28. The van der Waals surface area contributed by atoms with Crippen LogP contribution in [0.4, 0.5) is 5.69 Å². The summed E-state index contributed by atoms with van der Waals surface area (Å²) in [6, 6.07) is 0. The Morgan fingerprint density at radius 1 is 1.44 bits per heavy atom. The molecule has 0 aliphatic rings. The molecule has 1 heterocycles. The summed E-state index contributed by atoms with van der Waals surface area (Å²) in [5.74, 6) is -0.628. The largest absolute Gasteiger partial charge is 0.462 e. The monoisotopic (exact) mass is 309 g/mol. The standard InChI is InChI=1S/C10H15NO4S3/c1-4-15-9(12)7-6(11)8(10(16-3)17-7)18(13,14)5-2/h4-5,11H2,1-3H3. The van der Waals surface area contributed by atoms with E-state index in [0.29, 0.717) is 4.21 Å². The van der Waals surface area contributed by atoms with Crippen LogP contribution < -0.4 is 5.73 Å². The molecule has 8 heteroatoms. The number of thioether (sulfide) groups is 1. The molecular formula is C10H15NO4S3. The fourth-order valence-electron chi connectivity index (χ4n) is 1.33. The number of nitrogens with two attached hydrogens (primary N) is 1. The van der Waals surface area contributed by atoms with Crippen molar-refractivity contribution in [2.45, 2.75) is 23.0 Å². The van der Waals surface area contributed by atoms with E-state index in [1.54, 1.807) is 20.1 Å². The third-order valence-corrected chi connectivity index (χ3v) is 6.58. The normalized spacial score (nSPS) is 11.5. The molecule has 0 unspecified atom stereocenters. The van der Waals surface area contributed by atoms with Crippen LogP contribution in [0.15, 0.2) is 9.10 Å². The molecule has 0 atom stereocenters. The van der Waals surface area contributed by atoms with Gasteiger partial charge < -0.3 is 10.5 Å². The van der Waals surface area contributed by atoms with E-state index >= 15 is 0 Å². The van der Waals surface area contributed by atoms with Crippen LogP contribution in [0.5, 0.6) is 0 Å². The zero-order chi connectivity index (χ0) is 13.9. The molecule has 0 bridgehead atoms. The van der Waals surface area contributed by atoms with Gasteiger partial charge in [0.25, 0.3) is 0 Å². The van der Waals surface area contributed by atoms with Gasteiger partial charge in [0, 0.05) is 0 Å². The lowest BCUT2D eigenvalue weighted by molar-refractivity contribution is 0.0533. The van der Waals surface area contributed by atoms with Crippen LogP contribution >= 0.6 is 23.1 Å². The number of carbonyl (C=O) groups is 1. The molecular weight excluding hydrogens is 294 g/mol. The summed E-state index contributed by atoms with van der Waals surface area (Å²) in [5, 5.41) is 0. The van der Waals surface area contributed by atoms with E-state index in [1.807, 2.05) is 0 Å². The molecule has 1 aromatic heterocycles.